The zero-order valence-corrected chi connectivity index (χ0v) is 19.2. The number of carbonyl (C=O) groups excluding carboxylic acids is 2. The molecule has 1 heterocycles. The lowest BCUT2D eigenvalue weighted by atomic mass is 10.1. The highest BCUT2D eigenvalue weighted by atomic mass is 32.1. The van der Waals surface area contributed by atoms with Gasteiger partial charge in [-0.2, -0.15) is 13.2 Å². The number of para-hydroxylation sites is 1. The van der Waals surface area contributed by atoms with Gasteiger partial charge in [0.2, 0.25) is 0 Å². The first kappa shape index (κ1) is 24.2. The summed E-state index contributed by atoms with van der Waals surface area (Å²) in [4.78, 5) is 25.1. The lowest BCUT2D eigenvalue weighted by Gasteiger charge is -2.19. The summed E-state index contributed by atoms with van der Waals surface area (Å²) in [5.41, 5.74) is -0.156. The Hall–Kier alpha value is -3.92. The van der Waals surface area contributed by atoms with Crippen LogP contribution in [0.3, 0.4) is 0 Å². The van der Waals surface area contributed by atoms with Crippen LogP contribution in [0.25, 0.3) is 11.0 Å². The van der Waals surface area contributed by atoms with E-state index in [1.54, 1.807) is 6.92 Å². The number of carbonyl (C=O) groups is 2. The number of furan rings is 1. The predicted molar refractivity (Wildman–Crippen MR) is 130 cm³/mol. The summed E-state index contributed by atoms with van der Waals surface area (Å²) in [5.74, 6) is -0.315. The number of halogens is 3. The summed E-state index contributed by atoms with van der Waals surface area (Å²) in [5, 5.41) is 6.14. The Balaban J connectivity index is 1.41. The lowest BCUT2D eigenvalue weighted by Crippen LogP contribution is -2.35. The van der Waals surface area contributed by atoms with Crippen molar-refractivity contribution in [3.8, 4) is 0 Å². The van der Waals surface area contributed by atoms with Gasteiger partial charge in [0.15, 0.2) is 0 Å². The van der Waals surface area contributed by atoms with Crippen LogP contribution in [0.2, 0.25) is 0 Å². The van der Waals surface area contributed by atoms with Gasteiger partial charge in [-0.1, -0.05) is 43.1 Å². The quantitative estimate of drug-likeness (QED) is 0.264. The maximum atomic E-state index is 13.2. The first-order chi connectivity index (χ1) is 16.6. The molecule has 0 aliphatic rings. The second kappa shape index (κ2) is 9.75. The summed E-state index contributed by atoms with van der Waals surface area (Å²) < 4.78 is 46.4. The second-order valence-corrected chi connectivity index (χ2v) is 8.11. The van der Waals surface area contributed by atoms with E-state index in [0.717, 1.165) is 21.8 Å². The molecule has 2 N–H and O–H groups in total. The number of rotatable bonds is 5. The molecule has 0 saturated heterocycles. The van der Waals surface area contributed by atoms with Crippen LogP contribution >= 0.6 is 12.8 Å². The summed E-state index contributed by atoms with van der Waals surface area (Å²) in [6.07, 6.45) is -4.66. The van der Waals surface area contributed by atoms with Crippen molar-refractivity contribution in [2.75, 3.05) is 9.62 Å². The van der Waals surface area contributed by atoms with Crippen molar-refractivity contribution in [1.29, 1.82) is 0 Å². The average Bonchev–Trinajstić information content (AvgIpc) is 3.28. The fourth-order valence-electron chi connectivity index (χ4n) is 3.46. The molecule has 0 saturated carbocycles. The van der Waals surface area contributed by atoms with Crippen molar-refractivity contribution in [2.24, 2.45) is 0 Å². The van der Waals surface area contributed by atoms with E-state index in [-0.39, 0.29) is 5.69 Å². The van der Waals surface area contributed by atoms with Crippen LogP contribution in [-0.2, 0) is 6.18 Å². The van der Waals surface area contributed by atoms with Gasteiger partial charge in [0, 0.05) is 11.1 Å². The Bertz CT molecular complexity index is 1340. The maximum Gasteiger partial charge on any atom is 0.417 e. The number of thiol groups is 1. The van der Waals surface area contributed by atoms with Gasteiger partial charge in [-0.05, 0) is 55.5 Å². The van der Waals surface area contributed by atoms with Gasteiger partial charge in [-0.3, -0.25) is 4.79 Å². The summed E-state index contributed by atoms with van der Waals surface area (Å²) >= 11 is 4.24. The van der Waals surface area contributed by atoms with E-state index in [9.17, 15) is 22.8 Å². The molecule has 6 nitrogen and oxygen atoms in total. The minimum atomic E-state index is -4.66. The van der Waals surface area contributed by atoms with E-state index in [2.05, 4.69) is 23.4 Å². The molecule has 4 aromatic rings. The van der Waals surface area contributed by atoms with Crippen molar-refractivity contribution in [2.45, 2.75) is 19.1 Å². The van der Waals surface area contributed by atoms with Crippen LogP contribution in [0.5, 0.6) is 0 Å². The Morgan fingerprint density at radius 3 is 2.31 bits per heavy atom. The topological polar surface area (TPSA) is 74.6 Å². The number of fused-ring (bicyclic) bond motifs is 1. The first-order valence-corrected chi connectivity index (χ1v) is 10.9. The molecule has 0 bridgehead atoms. The first-order valence-electron chi connectivity index (χ1n) is 10.5. The molecule has 0 aliphatic carbocycles. The van der Waals surface area contributed by atoms with Crippen LogP contribution < -0.4 is 14.9 Å². The number of hydrogen-bond acceptors (Lipinski definition) is 4. The van der Waals surface area contributed by atoms with Crippen molar-refractivity contribution >= 4 is 47.1 Å². The van der Waals surface area contributed by atoms with Gasteiger partial charge in [0.05, 0.1) is 22.9 Å². The number of anilines is 2. The monoisotopic (exact) mass is 499 g/mol. The number of benzene rings is 3. The van der Waals surface area contributed by atoms with Gasteiger partial charge in [0.25, 0.3) is 5.91 Å². The van der Waals surface area contributed by atoms with E-state index < -0.39 is 35.3 Å². The highest BCUT2D eigenvalue weighted by Crippen LogP contribution is 2.32. The Morgan fingerprint density at radius 1 is 0.971 bits per heavy atom. The van der Waals surface area contributed by atoms with E-state index >= 15 is 0 Å². The molecule has 0 aliphatic heterocycles. The van der Waals surface area contributed by atoms with Crippen LogP contribution in [-0.4, -0.2) is 11.9 Å². The zero-order chi connectivity index (χ0) is 25.2. The van der Waals surface area contributed by atoms with E-state index in [1.165, 1.54) is 36.4 Å². The number of nitrogens with one attached hydrogen (secondary N) is 2. The minimum Gasteiger partial charge on any atom is -0.459 e. The smallest absolute Gasteiger partial charge is 0.417 e. The maximum absolute atomic E-state index is 13.2. The molecule has 10 heteroatoms. The van der Waals surface area contributed by atoms with Gasteiger partial charge < -0.3 is 15.1 Å². The number of alkyl halides is 3. The van der Waals surface area contributed by atoms with Crippen LogP contribution in [0.1, 0.15) is 34.6 Å². The molecule has 4 rings (SSSR count). The molecular formula is C25H20F3N3O3S. The number of urea groups is 1. The van der Waals surface area contributed by atoms with Crippen molar-refractivity contribution in [3.63, 3.8) is 0 Å². The van der Waals surface area contributed by atoms with Gasteiger partial charge >= 0.3 is 12.2 Å². The molecule has 0 radical (unpaired) electrons. The summed E-state index contributed by atoms with van der Waals surface area (Å²) in [7, 11) is 0. The van der Waals surface area contributed by atoms with Crippen LogP contribution in [0.4, 0.5) is 29.3 Å². The second-order valence-electron chi connectivity index (χ2n) is 7.71. The fraction of sp³-hybridized carbons (Fsp3) is 0.120. The summed E-state index contributed by atoms with van der Waals surface area (Å²) in [6, 6.07) is 18.8. The van der Waals surface area contributed by atoms with E-state index in [4.69, 9.17) is 4.42 Å². The Kier molecular flexibility index (Phi) is 6.74. The van der Waals surface area contributed by atoms with Gasteiger partial charge in [0.1, 0.15) is 11.3 Å². The Morgan fingerprint density at radius 2 is 1.63 bits per heavy atom. The largest absolute Gasteiger partial charge is 0.459 e. The summed E-state index contributed by atoms with van der Waals surface area (Å²) in [6.45, 7) is 1.77. The fourth-order valence-corrected chi connectivity index (χ4v) is 3.65. The van der Waals surface area contributed by atoms with E-state index in [0.29, 0.717) is 17.0 Å². The van der Waals surface area contributed by atoms with Crippen molar-refractivity contribution < 1.29 is 27.2 Å². The highest BCUT2D eigenvalue weighted by molar-refractivity contribution is 7.82. The molecule has 1 unspecified atom stereocenters. The number of amides is 3. The third-order valence-electron chi connectivity index (χ3n) is 5.25. The van der Waals surface area contributed by atoms with Crippen molar-refractivity contribution in [1.82, 2.24) is 5.32 Å². The third-order valence-corrected chi connectivity index (χ3v) is 5.66. The molecular weight excluding hydrogens is 479 g/mol. The molecule has 3 amide bonds. The lowest BCUT2D eigenvalue weighted by molar-refractivity contribution is -0.137. The molecule has 1 aromatic heterocycles. The Labute approximate surface area is 204 Å². The normalized spacial score (nSPS) is 12.3. The van der Waals surface area contributed by atoms with E-state index in [1.807, 2.05) is 30.3 Å². The molecule has 0 fully saturated rings. The molecule has 180 valence electrons. The zero-order valence-electron chi connectivity index (χ0n) is 18.3. The molecule has 35 heavy (non-hydrogen) atoms. The SMILES string of the molecule is CC(NC(=O)N(S)c1ccc(NC(=O)c2ccccc2C(F)(F)F)cc1)c1cc2ccccc2o1. The van der Waals surface area contributed by atoms with Crippen molar-refractivity contribution in [3.05, 3.63) is 95.7 Å². The van der Waals surface area contributed by atoms with Crippen LogP contribution in [0, 0.1) is 0 Å². The number of hydrogen-bond donors (Lipinski definition) is 3. The van der Waals surface area contributed by atoms with Crippen LogP contribution in [0.15, 0.2) is 83.3 Å². The predicted octanol–water partition coefficient (Wildman–Crippen LogP) is 6.83. The standard InChI is InChI=1S/C25H20F3N3O3S/c1-15(22-14-16-6-2-5-9-21(16)34-22)29-24(33)31(35)18-12-10-17(11-13-18)30-23(32)19-7-3-4-8-20(19)25(26,27)28/h2-15,35H,1H3,(H,29,33)(H,30,32). The average molecular weight is 500 g/mol. The van der Waals surface area contributed by atoms with Gasteiger partial charge in [-0.25, -0.2) is 9.10 Å². The third kappa shape index (κ3) is 5.43. The molecule has 0 spiro atoms. The molecule has 3 aromatic carbocycles. The highest BCUT2D eigenvalue weighted by Gasteiger charge is 2.34. The minimum absolute atomic E-state index is 0.258. The molecule has 1 atom stereocenters. The van der Waals surface area contributed by atoms with Gasteiger partial charge in [-0.15, -0.1) is 0 Å². The number of nitrogens with zero attached hydrogens (tertiary/aromatic N) is 1.